The van der Waals surface area contributed by atoms with Crippen LogP contribution in [0.3, 0.4) is 0 Å². The normalized spacial score (nSPS) is 24.1. The van der Waals surface area contributed by atoms with Gasteiger partial charge >= 0.3 is 29.4 Å². The van der Waals surface area contributed by atoms with E-state index in [4.69, 9.17) is 36.6 Å². The summed E-state index contributed by atoms with van der Waals surface area (Å²) in [6.07, 6.45) is -4.52. The van der Waals surface area contributed by atoms with Crippen LogP contribution in [0.1, 0.15) is 16.6 Å². The van der Waals surface area contributed by atoms with E-state index in [1.807, 2.05) is 0 Å². The van der Waals surface area contributed by atoms with Crippen LogP contribution in [-0.2, 0) is 36.3 Å². The van der Waals surface area contributed by atoms with Gasteiger partial charge in [-0.05, 0) is 18.2 Å². The fourth-order valence-electron chi connectivity index (χ4n) is 3.62. The number of benzene rings is 1. The minimum atomic E-state index is -5.82. The van der Waals surface area contributed by atoms with E-state index in [2.05, 4.69) is 28.1 Å². The first-order valence-electron chi connectivity index (χ1n) is 10.7. The molecule has 3 heterocycles. The van der Waals surface area contributed by atoms with Gasteiger partial charge in [-0.15, -0.1) is 0 Å². The minimum absolute atomic E-state index is 0.0326. The standard InChI is InChI=1S/C17H19ClN5O15P3/c18-7-1-2-9(19)8(3-7)17(26)36-13-12(24)10(4-34-40(30,31)38-41(32,33)37-39(27,28)29)35-16(13)23-6-22-11-14(23)20-5-21-15(11)25/h1-3,5-6,10,12-13,16,24H,4,19H2,(H,30,31)(H,32,33)(H,20,21,25)(H2,27,28,29)/t10-,12-,13-,16-/m1/s1. The van der Waals surface area contributed by atoms with Crippen LogP contribution in [0.2, 0.25) is 5.02 Å². The zero-order chi connectivity index (χ0) is 30.3. The molecule has 1 aliphatic rings. The first-order chi connectivity index (χ1) is 19.0. The number of carbonyl (C=O) groups excluding carboxylic acids is 1. The lowest BCUT2D eigenvalue weighted by Gasteiger charge is -2.22. The number of imidazole rings is 1. The number of H-pyrrole nitrogens is 1. The molecular formula is C17H19ClN5O15P3. The molecule has 0 amide bonds. The average molecular weight is 662 g/mol. The van der Waals surface area contributed by atoms with Crippen molar-refractivity contribution in [3.8, 4) is 0 Å². The van der Waals surface area contributed by atoms with Crippen LogP contribution in [0.25, 0.3) is 11.2 Å². The van der Waals surface area contributed by atoms with Crippen molar-refractivity contribution >= 4 is 57.9 Å². The summed E-state index contributed by atoms with van der Waals surface area (Å²) in [6.45, 7) is -1.09. The van der Waals surface area contributed by atoms with Gasteiger partial charge in [-0.1, -0.05) is 11.6 Å². The Bertz CT molecular complexity index is 1680. The molecule has 8 N–H and O–H groups in total. The predicted octanol–water partition coefficient (Wildman–Crippen LogP) is 0.182. The molecule has 2 aromatic heterocycles. The Labute approximate surface area is 232 Å². The highest BCUT2D eigenvalue weighted by Gasteiger charge is 2.50. The smallest absolute Gasteiger partial charge is 0.451 e. The second kappa shape index (κ2) is 11.6. The highest BCUT2D eigenvalue weighted by Crippen LogP contribution is 2.66. The van der Waals surface area contributed by atoms with E-state index in [9.17, 15) is 38.2 Å². The van der Waals surface area contributed by atoms with Gasteiger partial charge in [0.15, 0.2) is 23.5 Å². The maximum absolute atomic E-state index is 13.0. The number of aliphatic hydroxyl groups is 1. The summed E-state index contributed by atoms with van der Waals surface area (Å²) in [6, 6.07) is 3.92. The number of hydrogen-bond donors (Lipinski definition) is 7. The predicted molar refractivity (Wildman–Crippen MR) is 133 cm³/mol. The lowest BCUT2D eigenvalue weighted by Crippen LogP contribution is -2.37. The molecule has 0 saturated carbocycles. The Morgan fingerprint density at radius 1 is 1.15 bits per heavy atom. The van der Waals surface area contributed by atoms with Crippen molar-refractivity contribution in [3.05, 3.63) is 51.8 Å². The van der Waals surface area contributed by atoms with E-state index in [1.54, 1.807) is 0 Å². The van der Waals surface area contributed by atoms with Crippen molar-refractivity contribution in [2.75, 3.05) is 12.3 Å². The summed E-state index contributed by atoms with van der Waals surface area (Å²) >= 11 is 5.93. The third kappa shape index (κ3) is 7.46. The molecule has 24 heteroatoms. The number of hydrogen-bond acceptors (Lipinski definition) is 14. The molecule has 1 saturated heterocycles. The van der Waals surface area contributed by atoms with Crippen LogP contribution in [-0.4, -0.2) is 75.1 Å². The largest absolute Gasteiger partial charge is 0.490 e. The van der Waals surface area contributed by atoms with E-state index in [0.717, 1.165) is 17.2 Å². The molecule has 1 fully saturated rings. The van der Waals surface area contributed by atoms with Gasteiger partial charge in [-0.25, -0.2) is 28.5 Å². The number of nitrogens with two attached hydrogens (primary N) is 1. The van der Waals surface area contributed by atoms with Crippen LogP contribution in [0.4, 0.5) is 5.69 Å². The van der Waals surface area contributed by atoms with Gasteiger partial charge in [0.25, 0.3) is 5.56 Å². The first kappa shape index (κ1) is 31.4. The lowest BCUT2D eigenvalue weighted by atomic mass is 10.1. The van der Waals surface area contributed by atoms with Crippen LogP contribution in [0.5, 0.6) is 0 Å². The van der Waals surface area contributed by atoms with Gasteiger partial charge in [0.1, 0.15) is 12.2 Å². The summed E-state index contributed by atoms with van der Waals surface area (Å²) in [5, 5.41) is 11.1. The molecule has 0 bridgehead atoms. The lowest BCUT2D eigenvalue weighted by molar-refractivity contribution is -0.0557. The molecule has 41 heavy (non-hydrogen) atoms. The number of aliphatic hydroxyl groups excluding tert-OH is 1. The SMILES string of the molecule is Nc1ccc(Cl)cc1C(=O)O[C@@H]1[C@H](O)[C@@H](COP(=O)(O)OP(=O)(O)OP(=O)(O)O)O[C@H]1n1cnc2c(=O)[nH]cnc21. The summed E-state index contributed by atoms with van der Waals surface area (Å²) in [4.78, 5) is 71.6. The van der Waals surface area contributed by atoms with E-state index < -0.39 is 66.1 Å². The highest BCUT2D eigenvalue weighted by molar-refractivity contribution is 7.66. The number of nitrogens with one attached hydrogen (secondary N) is 1. The number of halogens is 1. The number of ether oxygens (including phenoxy) is 2. The number of phosphoric ester groups is 1. The van der Waals surface area contributed by atoms with Crippen LogP contribution in [0.15, 0.2) is 35.6 Å². The third-order valence-corrected chi connectivity index (χ3v) is 9.29. The molecule has 2 unspecified atom stereocenters. The van der Waals surface area contributed by atoms with Gasteiger partial charge in [-0.2, -0.15) is 8.62 Å². The van der Waals surface area contributed by atoms with Crippen LogP contribution in [0, 0.1) is 0 Å². The molecule has 0 aliphatic carbocycles. The molecule has 0 spiro atoms. The Kier molecular flexibility index (Phi) is 8.90. The van der Waals surface area contributed by atoms with Crippen molar-refractivity contribution < 1.29 is 65.8 Å². The molecule has 0 radical (unpaired) electrons. The zero-order valence-corrected chi connectivity index (χ0v) is 23.3. The fraction of sp³-hybridized carbons (Fsp3) is 0.294. The number of nitrogens with zero attached hydrogens (tertiary/aromatic N) is 3. The molecular weight excluding hydrogens is 643 g/mol. The quantitative estimate of drug-likeness (QED) is 0.0865. The van der Waals surface area contributed by atoms with Crippen molar-refractivity contribution in [1.82, 2.24) is 19.5 Å². The minimum Gasteiger partial charge on any atom is -0.451 e. The monoisotopic (exact) mass is 661 g/mol. The number of aromatic amines is 1. The van der Waals surface area contributed by atoms with E-state index in [1.165, 1.54) is 18.2 Å². The van der Waals surface area contributed by atoms with Gasteiger partial charge in [-0.3, -0.25) is 13.9 Å². The maximum atomic E-state index is 13.0. The number of esters is 1. The molecule has 1 aromatic carbocycles. The topological polar surface area (TPSA) is 305 Å². The number of phosphoric acid groups is 3. The van der Waals surface area contributed by atoms with E-state index in [0.29, 0.717) is 0 Å². The average Bonchev–Trinajstić information content (AvgIpc) is 3.39. The summed E-state index contributed by atoms with van der Waals surface area (Å²) in [7, 11) is -17.1. The van der Waals surface area contributed by atoms with Crippen molar-refractivity contribution in [2.45, 2.75) is 24.5 Å². The van der Waals surface area contributed by atoms with E-state index >= 15 is 0 Å². The number of fused-ring (bicyclic) bond motifs is 1. The van der Waals surface area contributed by atoms with E-state index in [-0.39, 0.29) is 27.4 Å². The first-order valence-corrected chi connectivity index (χ1v) is 15.6. The third-order valence-electron chi connectivity index (χ3n) is 5.25. The number of aromatic nitrogens is 4. The second-order valence-electron chi connectivity index (χ2n) is 8.10. The molecule has 6 atom stereocenters. The van der Waals surface area contributed by atoms with Crippen molar-refractivity contribution in [1.29, 1.82) is 0 Å². The Morgan fingerprint density at radius 3 is 2.54 bits per heavy atom. The number of carbonyl (C=O) groups is 1. The molecule has 1 aliphatic heterocycles. The Morgan fingerprint density at radius 2 is 1.85 bits per heavy atom. The van der Waals surface area contributed by atoms with Crippen molar-refractivity contribution in [3.63, 3.8) is 0 Å². The molecule has 3 aromatic rings. The number of nitrogen functional groups attached to an aromatic ring is 1. The van der Waals surface area contributed by atoms with Gasteiger partial charge in [0.05, 0.1) is 24.8 Å². The molecule has 4 rings (SSSR count). The van der Waals surface area contributed by atoms with Crippen LogP contribution < -0.4 is 11.3 Å². The Hall–Kier alpha value is -2.54. The van der Waals surface area contributed by atoms with Gasteiger partial charge in [0.2, 0.25) is 0 Å². The highest BCUT2D eigenvalue weighted by atomic mass is 35.5. The number of rotatable bonds is 10. The maximum Gasteiger partial charge on any atom is 0.490 e. The Balaban J connectivity index is 1.60. The van der Waals surface area contributed by atoms with Crippen molar-refractivity contribution in [2.24, 2.45) is 0 Å². The van der Waals surface area contributed by atoms with Crippen LogP contribution >= 0.6 is 35.1 Å². The zero-order valence-electron chi connectivity index (χ0n) is 19.9. The van der Waals surface area contributed by atoms with Gasteiger partial charge < -0.3 is 44.9 Å². The fourth-order valence-corrected chi connectivity index (χ4v) is 6.82. The summed E-state index contributed by atoms with van der Waals surface area (Å²) in [5.74, 6) is -1.08. The summed E-state index contributed by atoms with van der Waals surface area (Å²) < 4.78 is 58.5. The molecule has 224 valence electrons. The van der Waals surface area contributed by atoms with Gasteiger partial charge in [0, 0.05) is 10.7 Å². The molecule has 20 nitrogen and oxygen atoms in total. The summed E-state index contributed by atoms with van der Waals surface area (Å²) in [5.41, 5.74) is 4.71. The number of anilines is 1. The second-order valence-corrected chi connectivity index (χ2v) is 13.0.